The Kier molecular flexibility index (Phi) is 5.41. The molecule has 0 aliphatic carbocycles. The highest BCUT2D eigenvalue weighted by Crippen LogP contribution is 2.29. The van der Waals surface area contributed by atoms with Crippen LogP contribution in [0.5, 0.6) is 0 Å². The van der Waals surface area contributed by atoms with E-state index in [0.717, 1.165) is 16.6 Å². The molecule has 0 bridgehead atoms. The number of anilines is 2. The highest BCUT2D eigenvalue weighted by Gasteiger charge is 2.11. The first-order valence-corrected chi connectivity index (χ1v) is 9.19. The summed E-state index contributed by atoms with van der Waals surface area (Å²) in [6, 6.07) is 6.21. The van der Waals surface area contributed by atoms with Crippen LogP contribution in [0, 0.1) is 11.7 Å². The van der Waals surface area contributed by atoms with Gasteiger partial charge in [0.1, 0.15) is 5.82 Å². The summed E-state index contributed by atoms with van der Waals surface area (Å²) in [6.07, 6.45) is 0.800. The van der Waals surface area contributed by atoms with E-state index in [2.05, 4.69) is 39.5 Å². The second-order valence-electron chi connectivity index (χ2n) is 5.50. The molecular formula is C15H16FN5OS2. The van der Waals surface area contributed by atoms with Gasteiger partial charge < -0.3 is 9.84 Å². The molecule has 3 aromatic rings. The van der Waals surface area contributed by atoms with Crippen LogP contribution in [0.15, 0.2) is 33.1 Å². The van der Waals surface area contributed by atoms with Crippen LogP contribution in [0.3, 0.4) is 0 Å². The summed E-state index contributed by atoms with van der Waals surface area (Å²) in [5.41, 5.74) is 0.637. The maximum Gasteiger partial charge on any atom is 0.237 e. The van der Waals surface area contributed by atoms with Crippen molar-refractivity contribution in [2.24, 2.45) is 5.92 Å². The van der Waals surface area contributed by atoms with Crippen molar-refractivity contribution in [3.05, 3.63) is 41.8 Å². The molecule has 0 atom stereocenters. The fourth-order valence-corrected chi connectivity index (χ4v) is 3.54. The van der Waals surface area contributed by atoms with Crippen LogP contribution in [0.2, 0.25) is 0 Å². The number of benzene rings is 1. The highest BCUT2D eigenvalue weighted by molar-refractivity contribution is 8.00. The fraction of sp³-hybridized carbons (Fsp3) is 0.333. The smallest absolute Gasteiger partial charge is 0.237 e. The molecule has 1 aromatic carbocycles. The van der Waals surface area contributed by atoms with Gasteiger partial charge in [-0.25, -0.2) is 4.39 Å². The van der Waals surface area contributed by atoms with Gasteiger partial charge in [0.2, 0.25) is 11.0 Å². The number of halogens is 1. The summed E-state index contributed by atoms with van der Waals surface area (Å²) in [5.74, 6) is 2.03. The lowest BCUT2D eigenvalue weighted by atomic mass is 10.1. The van der Waals surface area contributed by atoms with Crippen molar-refractivity contribution < 1.29 is 8.91 Å². The normalized spacial score (nSPS) is 11.2. The topological polar surface area (TPSA) is 76.7 Å². The van der Waals surface area contributed by atoms with Gasteiger partial charge in [-0.3, -0.25) is 0 Å². The van der Waals surface area contributed by atoms with Crippen molar-refractivity contribution in [1.29, 1.82) is 0 Å². The molecule has 0 fully saturated rings. The summed E-state index contributed by atoms with van der Waals surface area (Å²) in [5, 5.41) is 15.7. The van der Waals surface area contributed by atoms with E-state index in [1.165, 1.54) is 35.2 Å². The zero-order valence-corrected chi connectivity index (χ0v) is 14.8. The van der Waals surface area contributed by atoms with E-state index in [4.69, 9.17) is 4.52 Å². The molecule has 2 heterocycles. The lowest BCUT2D eigenvalue weighted by Crippen LogP contribution is -1.96. The van der Waals surface area contributed by atoms with Crippen molar-refractivity contribution in [3.8, 4) is 0 Å². The van der Waals surface area contributed by atoms with E-state index in [0.29, 0.717) is 28.4 Å². The molecule has 6 nitrogen and oxygen atoms in total. The Morgan fingerprint density at radius 1 is 1.33 bits per heavy atom. The van der Waals surface area contributed by atoms with Crippen molar-refractivity contribution >= 4 is 33.9 Å². The molecule has 0 aliphatic heterocycles. The van der Waals surface area contributed by atoms with Gasteiger partial charge in [-0.1, -0.05) is 48.2 Å². The van der Waals surface area contributed by atoms with Crippen LogP contribution in [-0.2, 0) is 12.2 Å². The van der Waals surface area contributed by atoms with Gasteiger partial charge in [0.15, 0.2) is 10.2 Å². The molecule has 0 saturated carbocycles. The summed E-state index contributed by atoms with van der Waals surface area (Å²) < 4.78 is 19.2. The average molecular weight is 365 g/mol. The molecule has 2 aromatic heterocycles. The summed E-state index contributed by atoms with van der Waals surface area (Å²) >= 11 is 2.86. The van der Waals surface area contributed by atoms with Gasteiger partial charge in [-0.15, -0.1) is 10.2 Å². The predicted octanol–water partition coefficient (Wildman–Crippen LogP) is 4.29. The van der Waals surface area contributed by atoms with Crippen LogP contribution < -0.4 is 5.32 Å². The number of aromatic nitrogens is 4. The Morgan fingerprint density at radius 2 is 2.21 bits per heavy atom. The fourth-order valence-electron chi connectivity index (χ4n) is 1.93. The van der Waals surface area contributed by atoms with Gasteiger partial charge in [0.05, 0.1) is 5.75 Å². The van der Waals surface area contributed by atoms with Crippen LogP contribution in [0.1, 0.15) is 25.6 Å². The highest BCUT2D eigenvalue weighted by atomic mass is 32.2. The first kappa shape index (κ1) is 16.8. The van der Waals surface area contributed by atoms with E-state index in [1.54, 1.807) is 12.1 Å². The Labute approximate surface area is 146 Å². The number of hydrogen-bond donors (Lipinski definition) is 1. The van der Waals surface area contributed by atoms with E-state index in [9.17, 15) is 4.39 Å². The molecule has 0 saturated heterocycles. The molecule has 0 unspecified atom stereocenters. The lowest BCUT2D eigenvalue weighted by Gasteiger charge is -2.00. The molecule has 0 aliphatic rings. The largest absolute Gasteiger partial charge is 0.338 e. The summed E-state index contributed by atoms with van der Waals surface area (Å²) in [4.78, 5) is 4.35. The monoisotopic (exact) mass is 365 g/mol. The van der Waals surface area contributed by atoms with Gasteiger partial charge in [-0.2, -0.15) is 4.98 Å². The maximum absolute atomic E-state index is 13.2. The summed E-state index contributed by atoms with van der Waals surface area (Å²) in [6.45, 7) is 4.22. The predicted molar refractivity (Wildman–Crippen MR) is 92.0 cm³/mol. The van der Waals surface area contributed by atoms with Crippen LogP contribution in [-0.4, -0.2) is 20.3 Å². The minimum atomic E-state index is -0.298. The first-order valence-electron chi connectivity index (χ1n) is 7.39. The van der Waals surface area contributed by atoms with Crippen molar-refractivity contribution in [2.75, 3.05) is 5.32 Å². The van der Waals surface area contributed by atoms with E-state index >= 15 is 0 Å². The minimum absolute atomic E-state index is 0.298. The molecular weight excluding hydrogens is 349 g/mol. The number of thioether (sulfide) groups is 1. The van der Waals surface area contributed by atoms with Crippen LogP contribution in [0.25, 0.3) is 0 Å². The third-order valence-electron chi connectivity index (χ3n) is 2.90. The maximum atomic E-state index is 13.2. The van der Waals surface area contributed by atoms with Crippen molar-refractivity contribution in [3.63, 3.8) is 0 Å². The Hall–Kier alpha value is -2.00. The van der Waals surface area contributed by atoms with Gasteiger partial charge in [0.25, 0.3) is 0 Å². The molecule has 24 heavy (non-hydrogen) atoms. The Bertz CT molecular complexity index is 805. The minimum Gasteiger partial charge on any atom is -0.338 e. The van der Waals surface area contributed by atoms with Gasteiger partial charge in [0, 0.05) is 12.1 Å². The van der Waals surface area contributed by atoms with Gasteiger partial charge in [-0.05, 0) is 24.1 Å². The van der Waals surface area contributed by atoms with Crippen LogP contribution >= 0.6 is 23.1 Å². The lowest BCUT2D eigenvalue weighted by molar-refractivity contribution is 0.382. The molecule has 0 spiro atoms. The molecule has 0 radical (unpaired) electrons. The van der Waals surface area contributed by atoms with Crippen molar-refractivity contribution in [2.45, 2.75) is 30.4 Å². The number of rotatable bonds is 7. The Morgan fingerprint density at radius 3 is 3.00 bits per heavy atom. The van der Waals surface area contributed by atoms with Crippen molar-refractivity contribution in [1.82, 2.24) is 20.3 Å². The average Bonchev–Trinajstić information content (AvgIpc) is 3.14. The quantitative estimate of drug-likeness (QED) is 0.626. The third-order valence-corrected chi connectivity index (χ3v) is 4.86. The molecule has 1 N–H and O–H groups in total. The zero-order chi connectivity index (χ0) is 16.9. The van der Waals surface area contributed by atoms with E-state index < -0.39 is 0 Å². The molecule has 9 heteroatoms. The van der Waals surface area contributed by atoms with E-state index in [1.807, 2.05) is 0 Å². The second kappa shape index (κ2) is 7.71. The zero-order valence-electron chi connectivity index (χ0n) is 13.2. The van der Waals surface area contributed by atoms with Gasteiger partial charge >= 0.3 is 0 Å². The number of nitrogens with zero attached hydrogens (tertiary/aromatic N) is 4. The number of hydrogen-bond acceptors (Lipinski definition) is 8. The molecule has 3 rings (SSSR count). The number of nitrogens with one attached hydrogen (secondary N) is 1. The SMILES string of the molecule is CC(C)Cc1noc(CSc2nnc(Nc3cccc(F)c3)s2)n1. The van der Waals surface area contributed by atoms with E-state index in [-0.39, 0.29) is 5.82 Å². The first-order chi connectivity index (χ1) is 11.6. The standard InChI is InChI=1S/C15H16FN5OS2/c1-9(2)6-12-18-13(22-21-12)8-23-15-20-19-14(24-15)17-11-5-3-4-10(16)7-11/h3-5,7,9H,6,8H2,1-2H3,(H,17,19). The summed E-state index contributed by atoms with van der Waals surface area (Å²) in [7, 11) is 0. The van der Waals surface area contributed by atoms with Crippen LogP contribution in [0.4, 0.5) is 15.2 Å². The third kappa shape index (κ3) is 4.75. The Balaban J connectivity index is 1.55. The molecule has 126 valence electrons. The second-order valence-corrected chi connectivity index (χ2v) is 7.70. The molecule has 0 amide bonds.